The van der Waals surface area contributed by atoms with E-state index in [1.54, 1.807) is 6.92 Å². The molecular weight excluding hydrogens is 194 g/mol. The van der Waals surface area contributed by atoms with E-state index >= 15 is 0 Å². The third kappa shape index (κ3) is 7.33. The number of hydrogen-bond acceptors (Lipinski definition) is 4. The van der Waals surface area contributed by atoms with Crippen LogP contribution in [0.1, 0.15) is 33.6 Å². The van der Waals surface area contributed by atoms with Gasteiger partial charge in [-0.15, -0.1) is 0 Å². The van der Waals surface area contributed by atoms with Gasteiger partial charge in [0, 0.05) is 6.61 Å². The molecule has 0 fully saturated rings. The third-order valence-electron chi connectivity index (χ3n) is 2.07. The molecule has 2 atom stereocenters. The summed E-state index contributed by atoms with van der Waals surface area (Å²) in [5.74, 6) is 0.130. The number of carbonyl (C=O) groups excluding carboxylic acids is 1. The average Bonchev–Trinajstić information content (AvgIpc) is 2.18. The average molecular weight is 217 g/mol. The van der Waals surface area contributed by atoms with E-state index in [2.05, 4.69) is 13.8 Å². The molecule has 0 bridgehead atoms. The zero-order valence-corrected chi connectivity index (χ0v) is 9.99. The maximum absolute atomic E-state index is 11.1. The van der Waals surface area contributed by atoms with E-state index in [0.717, 1.165) is 12.8 Å². The van der Waals surface area contributed by atoms with Crippen LogP contribution in [0.25, 0.3) is 0 Å². The highest BCUT2D eigenvalue weighted by molar-refractivity contribution is 5.75. The molecular formula is C11H23NO3. The van der Waals surface area contributed by atoms with Gasteiger partial charge in [0.1, 0.15) is 6.04 Å². The molecule has 4 nitrogen and oxygen atoms in total. The third-order valence-corrected chi connectivity index (χ3v) is 2.07. The summed E-state index contributed by atoms with van der Waals surface area (Å²) in [5.41, 5.74) is 5.56. The van der Waals surface area contributed by atoms with Crippen molar-refractivity contribution in [3.63, 3.8) is 0 Å². The molecule has 0 aromatic carbocycles. The van der Waals surface area contributed by atoms with Gasteiger partial charge in [-0.1, -0.05) is 20.3 Å². The van der Waals surface area contributed by atoms with E-state index in [9.17, 15) is 4.79 Å². The van der Waals surface area contributed by atoms with E-state index in [1.165, 1.54) is 0 Å². The first-order chi connectivity index (χ1) is 7.11. The quantitative estimate of drug-likeness (QED) is 0.623. The van der Waals surface area contributed by atoms with Crippen LogP contribution in [0.4, 0.5) is 0 Å². The monoisotopic (exact) mass is 217 g/mol. The Kier molecular flexibility index (Phi) is 8.33. The summed E-state index contributed by atoms with van der Waals surface area (Å²) in [7, 11) is 0. The number of ether oxygens (including phenoxy) is 2. The van der Waals surface area contributed by atoms with Crippen LogP contribution in [0.15, 0.2) is 0 Å². The molecule has 0 aliphatic rings. The largest absolute Gasteiger partial charge is 0.465 e. The zero-order valence-electron chi connectivity index (χ0n) is 9.99. The standard InChI is InChI=1S/C11H23NO3/c1-4-6-9(3)7-14-8-10(12)11(13)15-5-2/h9-10H,4-8,12H2,1-3H3. The Morgan fingerprint density at radius 2 is 2.00 bits per heavy atom. The maximum Gasteiger partial charge on any atom is 0.325 e. The van der Waals surface area contributed by atoms with Crippen molar-refractivity contribution in [1.29, 1.82) is 0 Å². The van der Waals surface area contributed by atoms with Gasteiger partial charge < -0.3 is 15.2 Å². The highest BCUT2D eigenvalue weighted by atomic mass is 16.5. The van der Waals surface area contributed by atoms with Crippen molar-refractivity contribution in [3.8, 4) is 0 Å². The number of hydrogen-bond donors (Lipinski definition) is 1. The molecule has 0 heterocycles. The molecule has 2 unspecified atom stereocenters. The summed E-state index contributed by atoms with van der Waals surface area (Å²) in [5, 5.41) is 0. The van der Waals surface area contributed by atoms with Crippen molar-refractivity contribution in [2.45, 2.75) is 39.7 Å². The molecule has 0 radical (unpaired) electrons. The molecule has 0 aromatic heterocycles. The predicted molar refractivity (Wildman–Crippen MR) is 59.5 cm³/mol. The van der Waals surface area contributed by atoms with Crippen LogP contribution in [0, 0.1) is 5.92 Å². The van der Waals surface area contributed by atoms with Crippen molar-refractivity contribution >= 4 is 5.97 Å². The van der Waals surface area contributed by atoms with Crippen molar-refractivity contribution in [3.05, 3.63) is 0 Å². The van der Waals surface area contributed by atoms with Crippen molar-refractivity contribution in [1.82, 2.24) is 0 Å². The fourth-order valence-corrected chi connectivity index (χ4v) is 1.29. The second-order valence-electron chi connectivity index (χ2n) is 3.79. The minimum atomic E-state index is -0.654. The SMILES string of the molecule is CCCC(C)COCC(N)C(=O)OCC. The molecule has 0 saturated heterocycles. The summed E-state index contributed by atoms with van der Waals surface area (Å²) in [4.78, 5) is 11.1. The normalized spacial score (nSPS) is 14.7. The Labute approximate surface area is 92.1 Å². The molecule has 0 spiro atoms. The van der Waals surface area contributed by atoms with Crippen LogP contribution in [0.5, 0.6) is 0 Å². The van der Waals surface area contributed by atoms with Crippen molar-refractivity contribution < 1.29 is 14.3 Å². The van der Waals surface area contributed by atoms with Crippen LogP contribution < -0.4 is 5.73 Å². The van der Waals surface area contributed by atoms with Gasteiger partial charge in [0.15, 0.2) is 0 Å². The number of rotatable bonds is 8. The second kappa shape index (κ2) is 8.68. The first-order valence-corrected chi connectivity index (χ1v) is 5.61. The number of nitrogens with two attached hydrogens (primary N) is 1. The molecule has 0 saturated carbocycles. The highest BCUT2D eigenvalue weighted by Crippen LogP contribution is 2.05. The Balaban J connectivity index is 3.53. The van der Waals surface area contributed by atoms with Crippen LogP contribution in [-0.2, 0) is 14.3 Å². The Bertz CT molecular complexity index is 173. The molecule has 15 heavy (non-hydrogen) atoms. The lowest BCUT2D eigenvalue weighted by Crippen LogP contribution is -2.37. The van der Waals surface area contributed by atoms with Crippen LogP contribution in [0.3, 0.4) is 0 Å². The van der Waals surface area contributed by atoms with Gasteiger partial charge in [-0.2, -0.15) is 0 Å². The van der Waals surface area contributed by atoms with Gasteiger partial charge >= 0.3 is 5.97 Å². The van der Waals surface area contributed by atoms with Gasteiger partial charge in [-0.05, 0) is 19.3 Å². The predicted octanol–water partition coefficient (Wildman–Crippen LogP) is 1.33. The van der Waals surface area contributed by atoms with Gasteiger partial charge in [0.25, 0.3) is 0 Å². The number of esters is 1. The van der Waals surface area contributed by atoms with E-state index < -0.39 is 6.04 Å². The van der Waals surface area contributed by atoms with E-state index in [4.69, 9.17) is 15.2 Å². The lowest BCUT2D eigenvalue weighted by molar-refractivity contribution is -0.146. The van der Waals surface area contributed by atoms with Gasteiger partial charge in [0.05, 0.1) is 13.2 Å². The summed E-state index contributed by atoms with van der Waals surface area (Å²) in [6.07, 6.45) is 2.28. The van der Waals surface area contributed by atoms with Gasteiger partial charge in [-0.3, -0.25) is 4.79 Å². The summed E-state index contributed by atoms with van der Waals surface area (Å²) < 4.78 is 10.1. The fourth-order valence-electron chi connectivity index (χ4n) is 1.29. The fraction of sp³-hybridized carbons (Fsp3) is 0.909. The summed E-state index contributed by atoms with van der Waals surface area (Å²) in [6.45, 7) is 7.28. The minimum absolute atomic E-state index is 0.243. The Hall–Kier alpha value is -0.610. The lowest BCUT2D eigenvalue weighted by atomic mass is 10.1. The number of carbonyl (C=O) groups is 1. The second-order valence-corrected chi connectivity index (χ2v) is 3.79. The minimum Gasteiger partial charge on any atom is -0.465 e. The van der Waals surface area contributed by atoms with Crippen molar-refractivity contribution in [2.75, 3.05) is 19.8 Å². The first kappa shape index (κ1) is 14.4. The van der Waals surface area contributed by atoms with Crippen LogP contribution in [0.2, 0.25) is 0 Å². The molecule has 0 rings (SSSR count). The summed E-state index contributed by atoms with van der Waals surface area (Å²) >= 11 is 0. The van der Waals surface area contributed by atoms with E-state index in [-0.39, 0.29) is 12.6 Å². The topological polar surface area (TPSA) is 61.5 Å². The van der Waals surface area contributed by atoms with E-state index in [0.29, 0.717) is 19.1 Å². The molecule has 0 aliphatic heterocycles. The maximum atomic E-state index is 11.1. The Morgan fingerprint density at radius 3 is 2.53 bits per heavy atom. The van der Waals surface area contributed by atoms with Crippen LogP contribution in [-0.4, -0.2) is 31.8 Å². The van der Waals surface area contributed by atoms with Crippen LogP contribution >= 0.6 is 0 Å². The summed E-state index contributed by atoms with van der Waals surface area (Å²) in [6, 6.07) is -0.654. The smallest absolute Gasteiger partial charge is 0.325 e. The molecule has 90 valence electrons. The molecule has 0 aliphatic carbocycles. The van der Waals surface area contributed by atoms with Gasteiger partial charge in [-0.25, -0.2) is 0 Å². The molecule has 2 N–H and O–H groups in total. The van der Waals surface area contributed by atoms with Gasteiger partial charge in [0.2, 0.25) is 0 Å². The zero-order chi connectivity index (χ0) is 11.7. The molecule has 0 aromatic rings. The molecule has 0 amide bonds. The Morgan fingerprint density at radius 1 is 1.33 bits per heavy atom. The van der Waals surface area contributed by atoms with E-state index in [1.807, 2.05) is 0 Å². The van der Waals surface area contributed by atoms with Crippen molar-refractivity contribution in [2.24, 2.45) is 11.7 Å². The first-order valence-electron chi connectivity index (χ1n) is 5.61. The lowest BCUT2D eigenvalue weighted by Gasteiger charge is -2.14. The molecule has 4 heteroatoms. The highest BCUT2D eigenvalue weighted by Gasteiger charge is 2.14.